The summed E-state index contributed by atoms with van der Waals surface area (Å²) >= 11 is 6.23. The van der Waals surface area contributed by atoms with E-state index in [4.69, 9.17) is 16.6 Å². The van der Waals surface area contributed by atoms with Gasteiger partial charge in [-0.15, -0.1) is 0 Å². The van der Waals surface area contributed by atoms with Gasteiger partial charge in [0.25, 0.3) is 23.3 Å². The van der Waals surface area contributed by atoms with Crippen LogP contribution in [0.1, 0.15) is 89.4 Å². The summed E-state index contributed by atoms with van der Waals surface area (Å²) in [6, 6.07) is 10.1. The van der Waals surface area contributed by atoms with Crippen molar-refractivity contribution in [3.8, 4) is 11.1 Å². The Bertz CT molecular complexity index is 1720. The van der Waals surface area contributed by atoms with Crippen LogP contribution in [0.4, 0.5) is 14.6 Å². The van der Waals surface area contributed by atoms with Crippen LogP contribution >= 0.6 is 11.6 Å². The Morgan fingerprint density at radius 3 is 2.45 bits per heavy atom. The first-order chi connectivity index (χ1) is 21.0. The van der Waals surface area contributed by atoms with Crippen molar-refractivity contribution in [2.75, 3.05) is 25.0 Å². The summed E-state index contributed by atoms with van der Waals surface area (Å²) in [5.74, 6) is -3.53. The number of benzene rings is 1. The Hall–Kier alpha value is -3.63. The van der Waals surface area contributed by atoms with E-state index >= 15 is 0 Å². The van der Waals surface area contributed by atoms with Gasteiger partial charge in [0.1, 0.15) is 11.4 Å². The number of hydrogen-bond acceptors (Lipinski definition) is 5. The van der Waals surface area contributed by atoms with Crippen molar-refractivity contribution in [2.45, 2.75) is 69.9 Å². The standard InChI is InChI=1S/C33H34ClF2N5O3/c1-32(8-9-32)16-37-14-19-10-26(31(44)41(15-19)23-5-6-23)29(42)39-28-12-21(11-27(38-28)20-2-3-20)24-7-4-22(34)13-25(24)30(43)40-17-33(35,36)18-40/h4,7,10-13,15,20,23,37H,2-3,5-6,8-9,14,16-18H2,1H3,(H,38,39,42). The van der Waals surface area contributed by atoms with Crippen LogP contribution in [-0.4, -0.2) is 51.8 Å². The Labute approximate surface area is 258 Å². The van der Waals surface area contributed by atoms with Gasteiger partial charge in [0.2, 0.25) is 0 Å². The highest BCUT2D eigenvalue weighted by Crippen LogP contribution is 2.44. The van der Waals surface area contributed by atoms with Crippen molar-refractivity contribution in [3.05, 3.63) is 80.4 Å². The minimum atomic E-state index is -2.90. The molecule has 2 N–H and O–H groups in total. The third kappa shape index (κ3) is 6.15. The molecule has 1 aliphatic heterocycles. The monoisotopic (exact) mass is 621 g/mol. The second-order valence-electron chi connectivity index (χ2n) is 13.2. The molecule has 1 saturated heterocycles. The van der Waals surface area contributed by atoms with Gasteiger partial charge >= 0.3 is 0 Å². The van der Waals surface area contributed by atoms with E-state index in [2.05, 4.69) is 17.6 Å². The van der Waals surface area contributed by atoms with E-state index in [0.29, 0.717) is 28.1 Å². The molecular formula is C33H34ClF2N5O3. The summed E-state index contributed by atoms with van der Waals surface area (Å²) in [4.78, 5) is 46.1. The molecule has 3 saturated carbocycles. The van der Waals surface area contributed by atoms with Crippen LogP contribution in [0.2, 0.25) is 5.02 Å². The number of carbonyl (C=O) groups excluding carboxylic acids is 2. The van der Waals surface area contributed by atoms with Gasteiger partial charge in [0.15, 0.2) is 0 Å². The molecule has 4 fully saturated rings. The maximum atomic E-state index is 13.7. The number of aromatic nitrogens is 2. The SMILES string of the molecule is CC1(CNCc2cc(C(=O)Nc3cc(-c4ccc(Cl)cc4C(=O)N4CC(F)(F)C4)cc(C4CC4)n3)c(=O)n(C3CC3)c2)CC1. The molecule has 0 spiro atoms. The van der Waals surface area contributed by atoms with Crippen molar-refractivity contribution < 1.29 is 18.4 Å². The second kappa shape index (κ2) is 10.8. The number of hydrogen-bond donors (Lipinski definition) is 2. The molecule has 3 aromatic rings. The molecule has 0 radical (unpaired) electrons. The maximum Gasteiger partial charge on any atom is 0.282 e. The van der Waals surface area contributed by atoms with Gasteiger partial charge in [-0.05, 0) is 91.0 Å². The number of anilines is 1. The van der Waals surface area contributed by atoms with Gasteiger partial charge in [-0.25, -0.2) is 13.8 Å². The van der Waals surface area contributed by atoms with Crippen molar-refractivity contribution in [2.24, 2.45) is 5.41 Å². The van der Waals surface area contributed by atoms with E-state index in [1.807, 2.05) is 12.3 Å². The number of likely N-dealkylation sites (tertiary alicyclic amines) is 1. The molecule has 2 aromatic heterocycles. The van der Waals surface area contributed by atoms with Crippen molar-refractivity contribution in [3.63, 3.8) is 0 Å². The lowest BCUT2D eigenvalue weighted by Gasteiger charge is -2.39. The van der Waals surface area contributed by atoms with Crippen LogP contribution in [0.25, 0.3) is 11.1 Å². The lowest BCUT2D eigenvalue weighted by Crippen LogP contribution is -2.58. The fraction of sp³-hybridized carbons (Fsp3) is 0.455. The second-order valence-corrected chi connectivity index (χ2v) is 13.7. The van der Waals surface area contributed by atoms with E-state index in [1.54, 1.807) is 28.8 Å². The van der Waals surface area contributed by atoms with Crippen LogP contribution in [0.3, 0.4) is 0 Å². The van der Waals surface area contributed by atoms with E-state index in [1.165, 1.54) is 18.9 Å². The molecule has 4 aliphatic rings. The molecule has 11 heteroatoms. The first-order valence-electron chi connectivity index (χ1n) is 15.2. The molecular weight excluding hydrogens is 588 g/mol. The molecule has 44 heavy (non-hydrogen) atoms. The predicted molar refractivity (Wildman–Crippen MR) is 163 cm³/mol. The number of nitrogens with one attached hydrogen (secondary N) is 2. The largest absolute Gasteiger partial charge is 0.326 e. The topological polar surface area (TPSA) is 96.3 Å². The Kier molecular flexibility index (Phi) is 7.12. The highest BCUT2D eigenvalue weighted by atomic mass is 35.5. The molecule has 8 nitrogen and oxygen atoms in total. The normalized spacial score (nSPS) is 19.8. The van der Waals surface area contributed by atoms with Crippen molar-refractivity contribution >= 4 is 29.2 Å². The molecule has 230 valence electrons. The number of rotatable bonds is 10. The highest BCUT2D eigenvalue weighted by Gasteiger charge is 2.46. The average molecular weight is 622 g/mol. The molecule has 3 heterocycles. The lowest BCUT2D eigenvalue weighted by molar-refractivity contribution is -0.113. The van der Waals surface area contributed by atoms with Crippen molar-refractivity contribution in [1.29, 1.82) is 0 Å². The van der Waals surface area contributed by atoms with E-state index in [0.717, 1.165) is 48.4 Å². The molecule has 1 aromatic carbocycles. The van der Waals surface area contributed by atoms with Gasteiger partial charge < -0.3 is 20.1 Å². The zero-order chi connectivity index (χ0) is 30.8. The molecule has 3 aliphatic carbocycles. The molecule has 7 rings (SSSR count). The fourth-order valence-corrected chi connectivity index (χ4v) is 5.93. The molecule has 0 bridgehead atoms. The third-order valence-corrected chi connectivity index (χ3v) is 9.24. The van der Waals surface area contributed by atoms with Gasteiger partial charge in [0, 0.05) is 47.5 Å². The Morgan fingerprint density at radius 2 is 1.80 bits per heavy atom. The number of nitrogens with zero attached hydrogens (tertiary/aromatic N) is 3. The summed E-state index contributed by atoms with van der Waals surface area (Å²) in [7, 11) is 0. The summed E-state index contributed by atoms with van der Waals surface area (Å²) in [6.07, 6.45) is 7.95. The highest BCUT2D eigenvalue weighted by molar-refractivity contribution is 6.31. The maximum absolute atomic E-state index is 13.7. The van der Waals surface area contributed by atoms with Crippen LogP contribution in [0.5, 0.6) is 0 Å². The Balaban J connectivity index is 1.19. The number of alkyl halides is 2. The van der Waals surface area contributed by atoms with Gasteiger partial charge in [0.05, 0.1) is 13.1 Å². The number of carbonyl (C=O) groups is 2. The van der Waals surface area contributed by atoms with Gasteiger partial charge in [-0.3, -0.25) is 14.4 Å². The van der Waals surface area contributed by atoms with Gasteiger partial charge in [-0.1, -0.05) is 24.6 Å². The van der Waals surface area contributed by atoms with E-state index in [-0.39, 0.29) is 34.5 Å². The number of amides is 2. The fourth-order valence-electron chi connectivity index (χ4n) is 5.76. The van der Waals surface area contributed by atoms with Crippen LogP contribution in [-0.2, 0) is 6.54 Å². The molecule has 0 atom stereocenters. The number of halogens is 3. The number of pyridine rings is 2. The first-order valence-corrected chi connectivity index (χ1v) is 15.6. The predicted octanol–water partition coefficient (Wildman–Crippen LogP) is 6.01. The quantitative estimate of drug-likeness (QED) is 0.289. The molecule has 2 amide bonds. The zero-order valence-electron chi connectivity index (χ0n) is 24.5. The third-order valence-electron chi connectivity index (χ3n) is 9.01. The van der Waals surface area contributed by atoms with E-state index < -0.39 is 30.8 Å². The van der Waals surface area contributed by atoms with Crippen LogP contribution in [0.15, 0.2) is 47.4 Å². The first kappa shape index (κ1) is 29.1. The minimum Gasteiger partial charge on any atom is -0.326 e. The summed E-state index contributed by atoms with van der Waals surface area (Å²) in [5, 5.41) is 6.63. The summed E-state index contributed by atoms with van der Waals surface area (Å²) in [5.41, 5.74) is 2.97. The molecule has 0 unspecified atom stereocenters. The summed E-state index contributed by atoms with van der Waals surface area (Å²) < 4.78 is 28.8. The van der Waals surface area contributed by atoms with Crippen LogP contribution < -0.4 is 16.2 Å². The van der Waals surface area contributed by atoms with Crippen molar-refractivity contribution in [1.82, 2.24) is 19.8 Å². The zero-order valence-corrected chi connectivity index (χ0v) is 25.2. The smallest absolute Gasteiger partial charge is 0.282 e. The van der Waals surface area contributed by atoms with E-state index in [9.17, 15) is 23.2 Å². The average Bonchev–Trinajstić information content (AvgIpc) is 3.82. The Morgan fingerprint density at radius 1 is 1.05 bits per heavy atom. The van der Waals surface area contributed by atoms with Gasteiger partial charge in [-0.2, -0.15) is 0 Å². The summed E-state index contributed by atoms with van der Waals surface area (Å²) in [6.45, 7) is 2.39. The lowest BCUT2D eigenvalue weighted by atomic mass is 9.96. The van der Waals surface area contributed by atoms with Crippen LogP contribution in [0, 0.1) is 5.41 Å². The minimum absolute atomic E-state index is 0.0510.